The second-order valence-corrected chi connectivity index (χ2v) is 4.45. The maximum Gasteiger partial charge on any atom is 0.222 e. The number of aliphatic imine (C=N–C) groups is 1. The maximum atomic E-state index is 11.3. The van der Waals surface area contributed by atoms with Gasteiger partial charge in [-0.1, -0.05) is 13.8 Å². The molecule has 0 aliphatic rings. The molecule has 0 spiro atoms. The van der Waals surface area contributed by atoms with Gasteiger partial charge in [0.25, 0.3) is 0 Å². The lowest BCUT2D eigenvalue weighted by atomic mass is 10.2. The van der Waals surface area contributed by atoms with Crippen molar-refractivity contribution in [2.75, 3.05) is 33.9 Å². The van der Waals surface area contributed by atoms with Crippen LogP contribution in [0.15, 0.2) is 4.99 Å². The summed E-state index contributed by atoms with van der Waals surface area (Å²) in [6, 6.07) is 0.187. The van der Waals surface area contributed by atoms with Crippen molar-refractivity contribution in [2.45, 2.75) is 26.8 Å². The summed E-state index contributed by atoms with van der Waals surface area (Å²) in [5.74, 6) is 0.787. The van der Waals surface area contributed by atoms with Gasteiger partial charge in [0.05, 0.1) is 6.61 Å². The number of hydrogen-bond acceptors (Lipinski definition) is 3. The topological polar surface area (TPSA) is 74.8 Å². The first-order valence-electron chi connectivity index (χ1n) is 6.25. The molecule has 0 aromatic heterocycles. The second kappa shape index (κ2) is 12.5. The Morgan fingerprint density at radius 2 is 1.79 bits per heavy atom. The van der Waals surface area contributed by atoms with Crippen molar-refractivity contribution in [3.05, 3.63) is 0 Å². The predicted octanol–water partition coefficient (Wildman–Crippen LogP) is 0.576. The molecule has 0 saturated carbocycles. The van der Waals surface area contributed by atoms with Crippen molar-refractivity contribution in [2.24, 2.45) is 10.9 Å². The summed E-state index contributed by atoms with van der Waals surface area (Å²) in [5, 5.41) is 9.13. The molecule has 1 atom stereocenters. The first-order chi connectivity index (χ1) is 8.51. The lowest BCUT2D eigenvalue weighted by molar-refractivity contribution is -0.123. The van der Waals surface area contributed by atoms with E-state index in [-0.39, 0.29) is 41.8 Å². The fourth-order valence-electron chi connectivity index (χ4n) is 1.29. The van der Waals surface area contributed by atoms with Crippen LogP contribution in [0.1, 0.15) is 20.8 Å². The first-order valence-corrected chi connectivity index (χ1v) is 6.25. The molecule has 1 amide bonds. The van der Waals surface area contributed by atoms with Crippen LogP contribution in [0.2, 0.25) is 0 Å². The lowest BCUT2D eigenvalue weighted by Crippen LogP contribution is -2.46. The van der Waals surface area contributed by atoms with E-state index in [9.17, 15) is 4.79 Å². The van der Waals surface area contributed by atoms with Crippen LogP contribution in [0.4, 0.5) is 0 Å². The zero-order valence-electron chi connectivity index (χ0n) is 12.4. The van der Waals surface area contributed by atoms with E-state index in [2.05, 4.69) is 20.9 Å². The second-order valence-electron chi connectivity index (χ2n) is 4.45. The zero-order valence-corrected chi connectivity index (χ0v) is 14.8. The third-order valence-electron chi connectivity index (χ3n) is 2.26. The van der Waals surface area contributed by atoms with Crippen molar-refractivity contribution in [1.82, 2.24) is 16.0 Å². The average molecular weight is 386 g/mol. The largest absolute Gasteiger partial charge is 0.383 e. The fraction of sp³-hybridized carbons (Fsp3) is 0.833. The molecule has 19 heavy (non-hydrogen) atoms. The predicted molar refractivity (Wildman–Crippen MR) is 89.1 cm³/mol. The van der Waals surface area contributed by atoms with Crippen LogP contribution >= 0.6 is 24.0 Å². The molecule has 0 aliphatic heterocycles. The molecule has 6 nitrogen and oxygen atoms in total. The lowest BCUT2D eigenvalue weighted by Gasteiger charge is -2.17. The van der Waals surface area contributed by atoms with E-state index in [0.717, 1.165) is 0 Å². The Morgan fingerprint density at radius 1 is 1.21 bits per heavy atom. The van der Waals surface area contributed by atoms with Gasteiger partial charge in [0, 0.05) is 39.2 Å². The monoisotopic (exact) mass is 386 g/mol. The standard InChI is InChI=1S/C12H26N4O2.HI/c1-9(2)11(17)14-6-7-15-12(13-4)16-10(3)8-18-5;/h9-10H,6-8H2,1-5H3,(H,14,17)(H2,13,15,16);1H. The van der Waals surface area contributed by atoms with Crippen LogP contribution in [0.25, 0.3) is 0 Å². The molecule has 0 rings (SSSR count). The Bertz CT molecular complexity index is 272. The van der Waals surface area contributed by atoms with Gasteiger partial charge in [-0.25, -0.2) is 0 Å². The third kappa shape index (κ3) is 11.0. The number of rotatable bonds is 7. The van der Waals surface area contributed by atoms with E-state index in [1.807, 2.05) is 20.8 Å². The smallest absolute Gasteiger partial charge is 0.222 e. The fourth-order valence-corrected chi connectivity index (χ4v) is 1.29. The number of carbonyl (C=O) groups is 1. The van der Waals surface area contributed by atoms with Crippen LogP contribution in [0, 0.1) is 5.92 Å². The molecule has 0 fully saturated rings. The highest BCUT2D eigenvalue weighted by molar-refractivity contribution is 14.0. The van der Waals surface area contributed by atoms with E-state index in [1.54, 1.807) is 14.2 Å². The highest BCUT2D eigenvalue weighted by atomic mass is 127. The Balaban J connectivity index is 0. The van der Waals surface area contributed by atoms with Gasteiger partial charge < -0.3 is 20.7 Å². The minimum absolute atomic E-state index is 0. The molecule has 114 valence electrons. The van der Waals surface area contributed by atoms with Gasteiger partial charge in [-0.05, 0) is 6.92 Å². The Labute approximate surface area is 133 Å². The van der Waals surface area contributed by atoms with Crippen LogP contribution in [-0.2, 0) is 9.53 Å². The van der Waals surface area contributed by atoms with Crippen LogP contribution in [0.5, 0.6) is 0 Å². The summed E-state index contributed by atoms with van der Waals surface area (Å²) in [5.41, 5.74) is 0. The third-order valence-corrected chi connectivity index (χ3v) is 2.26. The number of ether oxygens (including phenoxy) is 1. The molecule has 0 aromatic carbocycles. The molecule has 0 aromatic rings. The van der Waals surface area contributed by atoms with Crippen molar-refractivity contribution in [3.8, 4) is 0 Å². The van der Waals surface area contributed by atoms with Crippen LogP contribution in [0.3, 0.4) is 0 Å². The average Bonchev–Trinajstić information content (AvgIpc) is 2.32. The summed E-state index contributed by atoms with van der Waals surface area (Å²) in [4.78, 5) is 15.4. The molecular formula is C12H27IN4O2. The number of nitrogens with one attached hydrogen (secondary N) is 3. The summed E-state index contributed by atoms with van der Waals surface area (Å²) in [6.45, 7) is 7.58. The molecule has 0 aliphatic carbocycles. The van der Waals surface area contributed by atoms with Gasteiger partial charge in [-0.3, -0.25) is 9.79 Å². The van der Waals surface area contributed by atoms with Gasteiger partial charge >= 0.3 is 0 Å². The minimum atomic E-state index is 0. The van der Waals surface area contributed by atoms with E-state index in [0.29, 0.717) is 25.7 Å². The van der Waals surface area contributed by atoms with E-state index >= 15 is 0 Å². The van der Waals surface area contributed by atoms with Gasteiger partial charge in [-0.2, -0.15) is 0 Å². The molecule has 1 unspecified atom stereocenters. The summed E-state index contributed by atoms with van der Waals surface area (Å²) in [7, 11) is 3.37. The molecule has 0 radical (unpaired) electrons. The zero-order chi connectivity index (χ0) is 14.0. The van der Waals surface area contributed by atoms with Crippen molar-refractivity contribution in [1.29, 1.82) is 0 Å². The van der Waals surface area contributed by atoms with Gasteiger partial charge in [0.15, 0.2) is 5.96 Å². The number of hydrogen-bond donors (Lipinski definition) is 3. The molecule has 0 heterocycles. The van der Waals surface area contributed by atoms with Gasteiger partial charge in [0.2, 0.25) is 5.91 Å². The molecular weight excluding hydrogens is 359 g/mol. The molecule has 3 N–H and O–H groups in total. The van der Waals surface area contributed by atoms with Gasteiger partial charge in [-0.15, -0.1) is 24.0 Å². The van der Waals surface area contributed by atoms with Crippen LogP contribution < -0.4 is 16.0 Å². The number of nitrogens with zero attached hydrogens (tertiary/aromatic N) is 1. The number of amides is 1. The maximum absolute atomic E-state index is 11.3. The minimum Gasteiger partial charge on any atom is -0.383 e. The Morgan fingerprint density at radius 3 is 2.26 bits per heavy atom. The van der Waals surface area contributed by atoms with Gasteiger partial charge in [0.1, 0.15) is 0 Å². The number of carbonyl (C=O) groups excluding carboxylic acids is 1. The highest BCUT2D eigenvalue weighted by Crippen LogP contribution is 1.89. The molecule has 0 saturated heterocycles. The Hall–Kier alpha value is -0.570. The van der Waals surface area contributed by atoms with E-state index < -0.39 is 0 Å². The molecule has 0 bridgehead atoms. The normalized spacial score (nSPS) is 12.6. The summed E-state index contributed by atoms with van der Waals surface area (Å²) < 4.78 is 5.03. The van der Waals surface area contributed by atoms with E-state index in [1.165, 1.54) is 0 Å². The SMILES string of the molecule is CN=C(NCCNC(=O)C(C)C)NC(C)COC.I. The van der Waals surface area contributed by atoms with Crippen molar-refractivity contribution >= 4 is 35.8 Å². The summed E-state index contributed by atoms with van der Waals surface area (Å²) in [6.07, 6.45) is 0. The van der Waals surface area contributed by atoms with Crippen molar-refractivity contribution < 1.29 is 9.53 Å². The summed E-state index contributed by atoms with van der Waals surface area (Å²) >= 11 is 0. The number of methoxy groups -OCH3 is 1. The first kappa shape index (κ1) is 20.7. The molecule has 7 heteroatoms. The number of guanidine groups is 1. The van der Waals surface area contributed by atoms with Crippen molar-refractivity contribution in [3.63, 3.8) is 0 Å². The Kier molecular flexibility index (Phi) is 13.6. The quantitative estimate of drug-likeness (QED) is 0.259. The van der Waals surface area contributed by atoms with E-state index in [4.69, 9.17) is 4.74 Å². The van der Waals surface area contributed by atoms with Crippen LogP contribution in [-0.4, -0.2) is 51.8 Å². The highest BCUT2D eigenvalue weighted by Gasteiger charge is 2.06. The number of halogens is 1.